The molecule has 0 aliphatic heterocycles. The molecule has 0 bridgehead atoms. The molecule has 1 aromatic heterocycles. The Morgan fingerprint density at radius 2 is 2.22 bits per heavy atom. The highest BCUT2D eigenvalue weighted by Crippen LogP contribution is 2.29. The minimum Gasteiger partial charge on any atom is -0.495 e. The fourth-order valence-electron chi connectivity index (χ4n) is 1.39. The van der Waals surface area contributed by atoms with Crippen LogP contribution in [0.2, 0.25) is 5.02 Å². The lowest BCUT2D eigenvalue weighted by atomic mass is 10.3. The minimum absolute atomic E-state index is 0.204. The first-order chi connectivity index (χ1) is 8.61. The fraction of sp³-hybridized carbons (Fsp3) is 0.0833. The van der Waals surface area contributed by atoms with Gasteiger partial charge in [-0.1, -0.05) is 11.6 Å². The summed E-state index contributed by atoms with van der Waals surface area (Å²) in [6.07, 6.45) is 0. The molecule has 0 atom stereocenters. The van der Waals surface area contributed by atoms with Crippen molar-refractivity contribution in [2.75, 3.05) is 12.4 Å². The molecule has 2 aromatic rings. The molecule has 1 amide bonds. The van der Waals surface area contributed by atoms with Crippen LogP contribution >= 0.6 is 38.9 Å². The van der Waals surface area contributed by atoms with Gasteiger partial charge in [-0.05, 0) is 45.6 Å². The van der Waals surface area contributed by atoms with Crippen molar-refractivity contribution in [1.29, 1.82) is 0 Å². The van der Waals surface area contributed by atoms with E-state index in [2.05, 4.69) is 21.2 Å². The third-order valence-electron chi connectivity index (χ3n) is 2.23. The molecule has 3 nitrogen and oxygen atoms in total. The molecule has 0 radical (unpaired) electrons. The van der Waals surface area contributed by atoms with E-state index in [0.29, 0.717) is 21.3 Å². The number of methoxy groups -OCH3 is 1. The van der Waals surface area contributed by atoms with Gasteiger partial charge in [0.05, 0.1) is 12.8 Å². The smallest absolute Gasteiger partial charge is 0.269 e. The van der Waals surface area contributed by atoms with E-state index in [1.165, 1.54) is 18.4 Å². The third kappa shape index (κ3) is 2.85. The summed E-state index contributed by atoms with van der Waals surface area (Å²) in [5.74, 6) is 0.368. The zero-order valence-corrected chi connectivity index (χ0v) is 12.5. The molecule has 1 N–H and O–H groups in total. The number of ether oxygens (including phenoxy) is 1. The van der Waals surface area contributed by atoms with Gasteiger partial charge in [0.1, 0.15) is 10.6 Å². The van der Waals surface area contributed by atoms with Crippen molar-refractivity contribution in [3.05, 3.63) is 44.0 Å². The average molecular weight is 347 g/mol. The maximum absolute atomic E-state index is 12.1. The summed E-state index contributed by atoms with van der Waals surface area (Å²) >= 11 is 10.5. The Kier molecular flexibility index (Phi) is 4.27. The summed E-state index contributed by atoms with van der Waals surface area (Å²) in [6.45, 7) is 0. The average Bonchev–Trinajstić information content (AvgIpc) is 2.81. The number of halogens is 2. The summed E-state index contributed by atoms with van der Waals surface area (Å²) in [7, 11) is 1.54. The van der Waals surface area contributed by atoms with Gasteiger partial charge in [0, 0.05) is 9.50 Å². The number of anilines is 1. The Balaban J connectivity index is 2.21. The lowest BCUT2D eigenvalue weighted by molar-refractivity contribution is 0.102. The van der Waals surface area contributed by atoms with Crippen molar-refractivity contribution >= 4 is 50.5 Å². The van der Waals surface area contributed by atoms with E-state index in [-0.39, 0.29) is 5.91 Å². The van der Waals surface area contributed by atoms with Gasteiger partial charge in [-0.3, -0.25) is 4.79 Å². The quantitative estimate of drug-likeness (QED) is 0.893. The number of benzene rings is 1. The van der Waals surface area contributed by atoms with Gasteiger partial charge in [0.15, 0.2) is 0 Å². The SMILES string of the molecule is COc1ccsc1C(=O)Nc1ccc(Cl)cc1Br. The second kappa shape index (κ2) is 5.73. The van der Waals surface area contributed by atoms with E-state index in [1.807, 2.05) is 5.38 Å². The predicted octanol–water partition coefficient (Wildman–Crippen LogP) is 4.42. The van der Waals surface area contributed by atoms with Gasteiger partial charge in [-0.15, -0.1) is 11.3 Å². The maximum atomic E-state index is 12.1. The van der Waals surface area contributed by atoms with Crippen molar-refractivity contribution in [2.24, 2.45) is 0 Å². The van der Waals surface area contributed by atoms with Gasteiger partial charge in [0.2, 0.25) is 0 Å². The number of hydrogen-bond acceptors (Lipinski definition) is 3. The second-order valence-electron chi connectivity index (χ2n) is 3.40. The van der Waals surface area contributed by atoms with Crippen LogP contribution in [0.1, 0.15) is 9.67 Å². The van der Waals surface area contributed by atoms with Crippen LogP contribution in [-0.4, -0.2) is 13.0 Å². The molecule has 0 spiro atoms. The number of rotatable bonds is 3. The topological polar surface area (TPSA) is 38.3 Å². The molecule has 94 valence electrons. The highest BCUT2D eigenvalue weighted by atomic mass is 79.9. The van der Waals surface area contributed by atoms with E-state index < -0.39 is 0 Å². The summed E-state index contributed by atoms with van der Waals surface area (Å²) in [4.78, 5) is 12.6. The first-order valence-corrected chi connectivity index (χ1v) is 7.04. The highest BCUT2D eigenvalue weighted by Gasteiger charge is 2.15. The van der Waals surface area contributed by atoms with Crippen LogP contribution in [0.25, 0.3) is 0 Å². The van der Waals surface area contributed by atoms with Crippen LogP contribution in [0.3, 0.4) is 0 Å². The first kappa shape index (κ1) is 13.4. The van der Waals surface area contributed by atoms with Crippen molar-refractivity contribution in [3.8, 4) is 5.75 Å². The molecule has 0 fully saturated rings. The van der Waals surface area contributed by atoms with Crippen LogP contribution < -0.4 is 10.1 Å². The number of carbonyl (C=O) groups is 1. The number of thiophene rings is 1. The summed E-state index contributed by atoms with van der Waals surface area (Å²) in [5, 5.41) is 5.22. The predicted molar refractivity (Wildman–Crippen MR) is 78.0 cm³/mol. The second-order valence-corrected chi connectivity index (χ2v) is 5.60. The standard InChI is InChI=1S/C12H9BrClNO2S/c1-17-10-4-5-18-11(10)12(16)15-9-3-2-7(14)6-8(9)13/h2-6H,1H3,(H,15,16). The summed E-state index contributed by atoms with van der Waals surface area (Å²) in [6, 6.07) is 6.94. The van der Waals surface area contributed by atoms with Crippen LogP contribution in [0.5, 0.6) is 5.75 Å². The molecule has 0 saturated heterocycles. The number of amides is 1. The third-order valence-corrected chi connectivity index (χ3v) is 4.02. The minimum atomic E-state index is -0.204. The van der Waals surface area contributed by atoms with E-state index in [0.717, 1.165) is 4.47 Å². The maximum Gasteiger partial charge on any atom is 0.269 e. The molecule has 0 aliphatic rings. The zero-order chi connectivity index (χ0) is 13.1. The Morgan fingerprint density at radius 1 is 1.44 bits per heavy atom. The molecule has 0 aliphatic carbocycles. The normalized spacial score (nSPS) is 10.2. The molecule has 6 heteroatoms. The molecule has 0 saturated carbocycles. The van der Waals surface area contributed by atoms with Gasteiger partial charge < -0.3 is 10.1 Å². The Labute approximate surface area is 122 Å². The first-order valence-electron chi connectivity index (χ1n) is 4.99. The van der Waals surface area contributed by atoms with Gasteiger partial charge >= 0.3 is 0 Å². The molecule has 0 unspecified atom stereocenters. The summed E-state index contributed by atoms with van der Waals surface area (Å²) in [5.41, 5.74) is 0.667. The van der Waals surface area contributed by atoms with Crippen molar-refractivity contribution in [2.45, 2.75) is 0 Å². The van der Waals surface area contributed by atoms with Crippen LogP contribution in [0.15, 0.2) is 34.1 Å². The van der Waals surface area contributed by atoms with Crippen LogP contribution in [-0.2, 0) is 0 Å². The molecular formula is C12H9BrClNO2S. The highest BCUT2D eigenvalue weighted by molar-refractivity contribution is 9.10. The van der Waals surface area contributed by atoms with E-state index >= 15 is 0 Å². The Morgan fingerprint density at radius 3 is 2.89 bits per heavy atom. The Bertz CT molecular complexity index is 585. The molecular weight excluding hydrogens is 338 g/mol. The van der Waals surface area contributed by atoms with Crippen LogP contribution in [0, 0.1) is 0 Å². The molecule has 1 aromatic carbocycles. The molecule has 2 rings (SSSR count). The van der Waals surface area contributed by atoms with Gasteiger partial charge in [0.25, 0.3) is 5.91 Å². The van der Waals surface area contributed by atoms with E-state index in [9.17, 15) is 4.79 Å². The molecule has 1 heterocycles. The van der Waals surface area contributed by atoms with Crippen LogP contribution in [0.4, 0.5) is 5.69 Å². The molecule has 18 heavy (non-hydrogen) atoms. The number of nitrogens with one attached hydrogen (secondary N) is 1. The zero-order valence-electron chi connectivity index (χ0n) is 9.37. The number of hydrogen-bond donors (Lipinski definition) is 1. The fourth-order valence-corrected chi connectivity index (χ4v) is 2.93. The van der Waals surface area contributed by atoms with Crippen molar-refractivity contribution in [3.63, 3.8) is 0 Å². The number of carbonyl (C=O) groups excluding carboxylic acids is 1. The lowest BCUT2D eigenvalue weighted by Gasteiger charge is -2.07. The largest absolute Gasteiger partial charge is 0.495 e. The lowest BCUT2D eigenvalue weighted by Crippen LogP contribution is -2.11. The van der Waals surface area contributed by atoms with E-state index in [1.54, 1.807) is 24.3 Å². The Hall–Kier alpha value is -1.04. The monoisotopic (exact) mass is 345 g/mol. The summed E-state index contributed by atoms with van der Waals surface area (Å²) < 4.78 is 5.85. The van der Waals surface area contributed by atoms with Gasteiger partial charge in [-0.25, -0.2) is 0 Å². The van der Waals surface area contributed by atoms with Gasteiger partial charge in [-0.2, -0.15) is 0 Å². The van der Waals surface area contributed by atoms with E-state index in [4.69, 9.17) is 16.3 Å². The van der Waals surface area contributed by atoms with Crippen molar-refractivity contribution < 1.29 is 9.53 Å². The van der Waals surface area contributed by atoms with Crippen molar-refractivity contribution in [1.82, 2.24) is 0 Å².